The third-order valence-electron chi connectivity index (χ3n) is 4.40. The first-order valence-electron chi connectivity index (χ1n) is 7.98. The van der Waals surface area contributed by atoms with Crippen molar-refractivity contribution in [1.82, 2.24) is 5.32 Å². The normalized spacial score (nSPS) is 17.9. The summed E-state index contributed by atoms with van der Waals surface area (Å²) in [5.41, 5.74) is 4.51. The minimum Gasteiger partial charge on any atom is -0.383 e. The Morgan fingerprint density at radius 2 is 1.81 bits per heavy atom. The second kappa shape index (κ2) is 7.92. The Hall–Kier alpha value is -0.900. The largest absolute Gasteiger partial charge is 0.383 e. The van der Waals surface area contributed by atoms with Gasteiger partial charge >= 0.3 is 0 Å². The van der Waals surface area contributed by atoms with E-state index in [4.69, 9.17) is 9.47 Å². The standard InChI is InChI=1S/C18H29NO2/c1-15-10-16(2)12-17(11-15)13-18(4-7-21-8-5-18)14-19-6-9-20-3/h10-12,19H,4-9,13-14H2,1-3H3. The Bertz CT molecular complexity index is 419. The van der Waals surface area contributed by atoms with E-state index in [0.29, 0.717) is 5.41 Å². The van der Waals surface area contributed by atoms with Crippen LogP contribution in [0.25, 0.3) is 0 Å². The highest BCUT2D eigenvalue weighted by Gasteiger charge is 2.32. The first kappa shape index (κ1) is 16.5. The van der Waals surface area contributed by atoms with E-state index >= 15 is 0 Å². The molecule has 0 spiro atoms. The lowest BCUT2D eigenvalue weighted by molar-refractivity contribution is 0.0143. The monoisotopic (exact) mass is 291 g/mol. The van der Waals surface area contributed by atoms with Gasteiger partial charge < -0.3 is 14.8 Å². The zero-order chi connectivity index (χ0) is 15.1. The number of ether oxygens (including phenoxy) is 2. The number of aryl methyl sites for hydroxylation is 2. The Morgan fingerprint density at radius 1 is 1.14 bits per heavy atom. The highest BCUT2D eigenvalue weighted by atomic mass is 16.5. The summed E-state index contributed by atoms with van der Waals surface area (Å²) >= 11 is 0. The molecule has 0 aromatic heterocycles. The Kier molecular flexibility index (Phi) is 6.22. The first-order valence-corrected chi connectivity index (χ1v) is 7.98. The van der Waals surface area contributed by atoms with Crippen LogP contribution in [0.4, 0.5) is 0 Å². The van der Waals surface area contributed by atoms with E-state index < -0.39 is 0 Å². The molecule has 1 fully saturated rings. The summed E-state index contributed by atoms with van der Waals surface area (Å²) < 4.78 is 10.7. The second-order valence-corrected chi connectivity index (χ2v) is 6.45. The van der Waals surface area contributed by atoms with Crippen molar-refractivity contribution in [3.63, 3.8) is 0 Å². The maximum Gasteiger partial charge on any atom is 0.0587 e. The molecule has 0 unspecified atom stereocenters. The van der Waals surface area contributed by atoms with Gasteiger partial charge in [-0.25, -0.2) is 0 Å². The molecule has 0 radical (unpaired) electrons. The van der Waals surface area contributed by atoms with Crippen molar-refractivity contribution >= 4 is 0 Å². The van der Waals surface area contributed by atoms with Gasteiger partial charge in [-0.05, 0) is 44.1 Å². The zero-order valence-corrected chi connectivity index (χ0v) is 13.7. The molecule has 1 aliphatic rings. The van der Waals surface area contributed by atoms with Gasteiger partial charge in [0.1, 0.15) is 0 Å². The molecule has 1 heterocycles. The van der Waals surface area contributed by atoms with Gasteiger partial charge in [0.2, 0.25) is 0 Å². The Labute approximate surface area is 129 Å². The molecule has 3 heteroatoms. The van der Waals surface area contributed by atoms with Crippen LogP contribution in [0, 0.1) is 19.3 Å². The van der Waals surface area contributed by atoms with Crippen LogP contribution in [0.3, 0.4) is 0 Å². The zero-order valence-electron chi connectivity index (χ0n) is 13.7. The van der Waals surface area contributed by atoms with Crippen molar-refractivity contribution in [2.24, 2.45) is 5.41 Å². The molecule has 1 aliphatic heterocycles. The van der Waals surface area contributed by atoms with Crippen molar-refractivity contribution in [3.05, 3.63) is 34.9 Å². The van der Waals surface area contributed by atoms with E-state index in [1.54, 1.807) is 7.11 Å². The van der Waals surface area contributed by atoms with Gasteiger partial charge in [0.15, 0.2) is 0 Å². The Morgan fingerprint density at radius 3 is 2.43 bits per heavy atom. The smallest absolute Gasteiger partial charge is 0.0587 e. The molecule has 0 bridgehead atoms. The fourth-order valence-electron chi connectivity index (χ4n) is 3.35. The first-order chi connectivity index (χ1) is 10.1. The highest BCUT2D eigenvalue weighted by molar-refractivity contribution is 5.29. The van der Waals surface area contributed by atoms with Crippen LogP contribution >= 0.6 is 0 Å². The van der Waals surface area contributed by atoms with E-state index in [-0.39, 0.29) is 0 Å². The van der Waals surface area contributed by atoms with E-state index in [0.717, 1.165) is 52.2 Å². The molecule has 3 nitrogen and oxygen atoms in total. The molecule has 118 valence electrons. The lowest BCUT2D eigenvalue weighted by Crippen LogP contribution is -2.41. The van der Waals surface area contributed by atoms with E-state index in [1.165, 1.54) is 16.7 Å². The van der Waals surface area contributed by atoms with E-state index in [9.17, 15) is 0 Å². The van der Waals surface area contributed by atoms with Crippen molar-refractivity contribution < 1.29 is 9.47 Å². The second-order valence-electron chi connectivity index (χ2n) is 6.45. The van der Waals surface area contributed by atoms with Gasteiger partial charge in [0.05, 0.1) is 6.61 Å². The number of methoxy groups -OCH3 is 1. The summed E-state index contributed by atoms with van der Waals surface area (Å²) in [6.07, 6.45) is 3.42. The average molecular weight is 291 g/mol. The van der Waals surface area contributed by atoms with E-state index in [1.807, 2.05) is 0 Å². The van der Waals surface area contributed by atoms with Crippen molar-refractivity contribution in [3.8, 4) is 0 Å². The van der Waals surface area contributed by atoms with Crippen molar-refractivity contribution in [1.29, 1.82) is 0 Å². The van der Waals surface area contributed by atoms with Crippen LogP contribution < -0.4 is 5.32 Å². The molecule has 1 saturated heterocycles. The molecule has 0 amide bonds. The van der Waals surface area contributed by atoms with Crippen LogP contribution in [0.2, 0.25) is 0 Å². The van der Waals surface area contributed by atoms with Gasteiger partial charge in [-0.15, -0.1) is 0 Å². The lowest BCUT2D eigenvalue weighted by atomic mass is 9.75. The number of rotatable bonds is 7. The van der Waals surface area contributed by atoms with Gasteiger partial charge in [0, 0.05) is 33.4 Å². The van der Waals surface area contributed by atoms with Crippen LogP contribution in [-0.2, 0) is 15.9 Å². The van der Waals surface area contributed by atoms with Crippen LogP contribution in [0.5, 0.6) is 0 Å². The molecule has 1 aromatic rings. The number of hydrogen-bond acceptors (Lipinski definition) is 3. The number of hydrogen-bond donors (Lipinski definition) is 1. The topological polar surface area (TPSA) is 30.5 Å². The molecular formula is C18H29NO2. The summed E-state index contributed by atoms with van der Waals surface area (Å²) in [6.45, 7) is 8.89. The molecule has 1 N–H and O–H groups in total. The van der Waals surface area contributed by atoms with Crippen LogP contribution in [0.1, 0.15) is 29.5 Å². The molecule has 2 rings (SSSR count). The van der Waals surface area contributed by atoms with Gasteiger partial charge in [-0.3, -0.25) is 0 Å². The summed E-state index contributed by atoms with van der Waals surface area (Å²) in [6, 6.07) is 6.91. The molecule has 21 heavy (non-hydrogen) atoms. The summed E-state index contributed by atoms with van der Waals surface area (Å²) in [4.78, 5) is 0. The fraction of sp³-hybridized carbons (Fsp3) is 0.667. The average Bonchev–Trinajstić information content (AvgIpc) is 2.43. The SMILES string of the molecule is COCCNCC1(Cc2cc(C)cc(C)c2)CCOCC1. The maximum absolute atomic E-state index is 5.58. The van der Waals surface area contributed by atoms with Gasteiger partial charge in [0.25, 0.3) is 0 Å². The molecule has 0 aliphatic carbocycles. The highest BCUT2D eigenvalue weighted by Crippen LogP contribution is 2.34. The summed E-state index contributed by atoms with van der Waals surface area (Å²) in [7, 11) is 1.75. The Balaban J connectivity index is 2.04. The van der Waals surface area contributed by atoms with Gasteiger partial charge in [-0.1, -0.05) is 29.3 Å². The quantitative estimate of drug-likeness (QED) is 0.784. The summed E-state index contributed by atoms with van der Waals surface area (Å²) in [5.74, 6) is 0. The molecule has 0 saturated carbocycles. The minimum atomic E-state index is 0.326. The predicted octanol–water partition coefficient (Wildman–Crippen LogP) is 2.88. The van der Waals surface area contributed by atoms with Crippen LogP contribution in [-0.4, -0.2) is 40.0 Å². The van der Waals surface area contributed by atoms with Crippen molar-refractivity contribution in [2.75, 3.05) is 40.0 Å². The van der Waals surface area contributed by atoms with Crippen LogP contribution in [0.15, 0.2) is 18.2 Å². The van der Waals surface area contributed by atoms with E-state index in [2.05, 4.69) is 37.4 Å². The molecule has 0 atom stereocenters. The number of nitrogens with one attached hydrogen (secondary N) is 1. The molecule has 1 aromatic carbocycles. The molecular weight excluding hydrogens is 262 g/mol. The number of benzene rings is 1. The fourth-order valence-corrected chi connectivity index (χ4v) is 3.35. The van der Waals surface area contributed by atoms with Gasteiger partial charge in [-0.2, -0.15) is 0 Å². The van der Waals surface area contributed by atoms with Crippen molar-refractivity contribution in [2.45, 2.75) is 33.1 Å². The third-order valence-corrected chi connectivity index (χ3v) is 4.40. The predicted molar refractivity (Wildman–Crippen MR) is 86.9 cm³/mol. The maximum atomic E-state index is 5.58. The lowest BCUT2D eigenvalue weighted by Gasteiger charge is -2.38. The summed E-state index contributed by atoms with van der Waals surface area (Å²) in [5, 5.41) is 3.57. The minimum absolute atomic E-state index is 0.326. The third kappa shape index (κ3) is 5.10.